The molecule has 0 radical (unpaired) electrons. The van der Waals surface area contributed by atoms with Crippen molar-refractivity contribution < 1.29 is 13.2 Å². The lowest BCUT2D eigenvalue weighted by atomic mass is 9.84. The zero-order chi connectivity index (χ0) is 18.7. The van der Waals surface area contributed by atoms with E-state index >= 15 is 0 Å². The number of hydrogen-bond acceptors (Lipinski definition) is 3. The summed E-state index contributed by atoms with van der Waals surface area (Å²) in [5, 5.41) is 8.01. The molecule has 0 aromatic heterocycles. The van der Waals surface area contributed by atoms with Gasteiger partial charge in [-0.3, -0.25) is 4.79 Å². The van der Waals surface area contributed by atoms with Crippen molar-refractivity contribution in [3.8, 4) is 0 Å². The number of sulfonamides is 1. The lowest BCUT2D eigenvalue weighted by molar-refractivity contribution is -0.125. The van der Waals surface area contributed by atoms with Crippen LogP contribution in [0.15, 0.2) is 57.9 Å². The van der Waals surface area contributed by atoms with Crippen molar-refractivity contribution in [2.24, 2.45) is 5.14 Å². The van der Waals surface area contributed by atoms with E-state index in [-0.39, 0.29) is 10.8 Å². The maximum absolute atomic E-state index is 12.5. The highest BCUT2D eigenvalue weighted by molar-refractivity contribution is 9.10. The molecule has 0 saturated heterocycles. The van der Waals surface area contributed by atoms with E-state index in [9.17, 15) is 13.2 Å². The van der Waals surface area contributed by atoms with Gasteiger partial charge < -0.3 is 5.32 Å². The molecule has 0 atom stereocenters. The fourth-order valence-corrected chi connectivity index (χ4v) is 3.16. The molecule has 0 saturated carbocycles. The van der Waals surface area contributed by atoms with Crippen LogP contribution in [0.4, 0.5) is 0 Å². The monoisotopic (exact) mass is 424 g/mol. The molecule has 2 aromatic carbocycles. The molecule has 2 rings (SSSR count). The van der Waals surface area contributed by atoms with Crippen LogP contribution in [0.1, 0.15) is 25.0 Å². The van der Waals surface area contributed by atoms with E-state index in [1.807, 2.05) is 38.1 Å². The molecule has 0 heterocycles. The number of hydrogen-bond donors (Lipinski definition) is 2. The zero-order valence-corrected chi connectivity index (χ0v) is 16.5. The van der Waals surface area contributed by atoms with Crippen molar-refractivity contribution in [1.29, 1.82) is 0 Å². The van der Waals surface area contributed by atoms with Gasteiger partial charge in [-0.2, -0.15) is 0 Å². The quantitative estimate of drug-likeness (QED) is 0.746. The summed E-state index contributed by atoms with van der Waals surface area (Å²) in [4.78, 5) is 12.6. The van der Waals surface area contributed by atoms with Crippen molar-refractivity contribution in [3.05, 3.63) is 64.1 Å². The molecule has 2 aromatic rings. The fourth-order valence-electron chi connectivity index (χ4n) is 2.38. The van der Waals surface area contributed by atoms with Crippen LogP contribution in [0.25, 0.3) is 0 Å². The first kappa shape index (κ1) is 19.6. The second-order valence-corrected chi connectivity index (χ2v) is 8.80. The van der Waals surface area contributed by atoms with Gasteiger partial charge in [-0.25, -0.2) is 13.6 Å². The van der Waals surface area contributed by atoms with Crippen LogP contribution in [0, 0.1) is 0 Å². The second kappa shape index (κ2) is 7.68. The first-order valence-corrected chi connectivity index (χ1v) is 10.1. The maximum Gasteiger partial charge on any atom is 0.238 e. The molecule has 1 amide bonds. The van der Waals surface area contributed by atoms with Gasteiger partial charge in [-0.1, -0.05) is 40.2 Å². The molecule has 0 aliphatic carbocycles. The molecule has 0 spiro atoms. The van der Waals surface area contributed by atoms with E-state index in [1.54, 1.807) is 12.1 Å². The summed E-state index contributed by atoms with van der Waals surface area (Å²) in [6.45, 7) is 4.23. The van der Waals surface area contributed by atoms with Crippen molar-refractivity contribution in [1.82, 2.24) is 5.32 Å². The maximum atomic E-state index is 12.5. The van der Waals surface area contributed by atoms with Gasteiger partial charge in [0.05, 0.1) is 10.3 Å². The smallest absolute Gasteiger partial charge is 0.238 e. The minimum atomic E-state index is -3.68. The molecule has 0 aliphatic heterocycles. The topological polar surface area (TPSA) is 89.3 Å². The molecule has 3 N–H and O–H groups in total. The molecule has 25 heavy (non-hydrogen) atoms. The van der Waals surface area contributed by atoms with Crippen LogP contribution in [0.5, 0.6) is 0 Å². The minimum Gasteiger partial charge on any atom is -0.355 e. The Morgan fingerprint density at radius 2 is 1.64 bits per heavy atom. The lowest BCUT2D eigenvalue weighted by Gasteiger charge is -2.24. The third-order valence-corrected chi connectivity index (χ3v) is 5.54. The van der Waals surface area contributed by atoms with Gasteiger partial charge in [0.15, 0.2) is 0 Å². The van der Waals surface area contributed by atoms with Gasteiger partial charge in [-0.15, -0.1) is 0 Å². The van der Waals surface area contributed by atoms with Crippen molar-refractivity contribution in [2.45, 2.75) is 30.6 Å². The van der Waals surface area contributed by atoms with Crippen LogP contribution in [-0.2, 0) is 26.7 Å². The Morgan fingerprint density at radius 3 is 2.16 bits per heavy atom. The number of rotatable bonds is 6. The summed E-state index contributed by atoms with van der Waals surface area (Å²) in [6, 6.07) is 14.0. The van der Waals surface area contributed by atoms with Gasteiger partial charge in [0.25, 0.3) is 0 Å². The number of benzene rings is 2. The minimum absolute atomic E-state index is 0.0593. The summed E-state index contributed by atoms with van der Waals surface area (Å²) in [6.07, 6.45) is 0.604. The first-order chi connectivity index (χ1) is 11.6. The summed E-state index contributed by atoms with van der Waals surface area (Å²) >= 11 is 3.39. The third kappa shape index (κ3) is 5.14. The van der Waals surface area contributed by atoms with E-state index in [1.165, 1.54) is 12.1 Å². The highest BCUT2D eigenvalue weighted by Crippen LogP contribution is 2.25. The number of carbonyl (C=O) groups excluding carboxylic acids is 1. The van der Waals surface area contributed by atoms with Crippen LogP contribution < -0.4 is 10.5 Å². The van der Waals surface area contributed by atoms with Crippen LogP contribution in [-0.4, -0.2) is 20.9 Å². The van der Waals surface area contributed by atoms with E-state index in [0.717, 1.165) is 15.6 Å². The van der Waals surface area contributed by atoms with Crippen LogP contribution in [0.3, 0.4) is 0 Å². The summed E-state index contributed by atoms with van der Waals surface area (Å²) in [5.41, 5.74) is 1.22. The first-order valence-electron chi connectivity index (χ1n) is 7.77. The highest BCUT2D eigenvalue weighted by Gasteiger charge is 2.29. The number of primary sulfonamides is 1. The van der Waals surface area contributed by atoms with E-state index in [4.69, 9.17) is 5.14 Å². The number of carbonyl (C=O) groups is 1. The molecule has 0 bridgehead atoms. The standard InChI is InChI=1S/C18H21BrN2O3S/c1-18(2,14-5-7-15(19)8-6-14)17(22)21-12-11-13-3-9-16(10-4-13)25(20,23)24/h3-10H,11-12H2,1-2H3,(H,21,22)(H2,20,23,24). The number of halogens is 1. The lowest BCUT2D eigenvalue weighted by Crippen LogP contribution is -2.40. The average Bonchev–Trinajstić information content (AvgIpc) is 2.54. The normalized spacial score (nSPS) is 12.0. The van der Waals surface area contributed by atoms with Crippen molar-refractivity contribution >= 4 is 31.9 Å². The van der Waals surface area contributed by atoms with Crippen molar-refractivity contribution in [3.63, 3.8) is 0 Å². The van der Waals surface area contributed by atoms with Crippen LogP contribution >= 0.6 is 15.9 Å². The third-order valence-electron chi connectivity index (χ3n) is 4.08. The van der Waals surface area contributed by atoms with Gasteiger partial charge in [0.2, 0.25) is 15.9 Å². The van der Waals surface area contributed by atoms with Gasteiger partial charge in [0, 0.05) is 11.0 Å². The zero-order valence-electron chi connectivity index (χ0n) is 14.1. The Hall–Kier alpha value is -1.70. The summed E-state index contributed by atoms with van der Waals surface area (Å²) < 4.78 is 23.4. The van der Waals surface area contributed by atoms with E-state index in [2.05, 4.69) is 21.2 Å². The molecular weight excluding hydrogens is 404 g/mol. The Bertz CT molecular complexity index is 845. The predicted molar refractivity (Wildman–Crippen MR) is 102 cm³/mol. The van der Waals surface area contributed by atoms with Crippen LogP contribution in [0.2, 0.25) is 0 Å². The summed E-state index contributed by atoms with van der Waals surface area (Å²) in [7, 11) is -3.68. The predicted octanol–water partition coefficient (Wildman–Crippen LogP) is 2.73. The Labute approximate surface area is 156 Å². The second-order valence-electron chi connectivity index (χ2n) is 6.33. The number of nitrogens with one attached hydrogen (secondary N) is 1. The van der Waals surface area contributed by atoms with Crippen molar-refractivity contribution in [2.75, 3.05) is 6.54 Å². The molecular formula is C18H21BrN2O3S. The van der Waals surface area contributed by atoms with Gasteiger partial charge >= 0.3 is 0 Å². The van der Waals surface area contributed by atoms with Gasteiger partial charge in [-0.05, 0) is 55.7 Å². The van der Waals surface area contributed by atoms with E-state index in [0.29, 0.717) is 13.0 Å². The molecule has 7 heteroatoms. The molecule has 5 nitrogen and oxygen atoms in total. The Kier molecular flexibility index (Phi) is 6.03. The van der Waals surface area contributed by atoms with E-state index < -0.39 is 15.4 Å². The SMILES string of the molecule is CC(C)(C(=O)NCCc1ccc(S(N)(=O)=O)cc1)c1ccc(Br)cc1. The molecule has 0 aliphatic rings. The average molecular weight is 425 g/mol. The largest absolute Gasteiger partial charge is 0.355 e. The Balaban J connectivity index is 1.94. The number of amides is 1. The summed E-state index contributed by atoms with van der Waals surface area (Å²) in [5.74, 6) is -0.0593. The highest BCUT2D eigenvalue weighted by atomic mass is 79.9. The Morgan fingerprint density at radius 1 is 1.08 bits per heavy atom. The molecule has 0 fully saturated rings. The number of nitrogens with two attached hydrogens (primary N) is 1. The molecule has 134 valence electrons. The van der Waals surface area contributed by atoms with Gasteiger partial charge in [0.1, 0.15) is 0 Å². The fraction of sp³-hybridized carbons (Fsp3) is 0.278. The molecule has 0 unspecified atom stereocenters.